The van der Waals surface area contributed by atoms with Crippen LogP contribution in [0.5, 0.6) is 0 Å². The highest BCUT2D eigenvalue weighted by atomic mass is 32.1. The maximum absolute atomic E-state index is 5.27. The largest absolute Gasteiger partial charge is 0.226 e. The van der Waals surface area contributed by atoms with Gasteiger partial charge in [-0.25, -0.2) is 24.9 Å². The predicted molar refractivity (Wildman–Crippen MR) is 226 cm³/mol. The first-order valence-corrected chi connectivity index (χ1v) is 19.0. The Labute approximate surface area is 322 Å². The molecule has 0 atom stereocenters. The fourth-order valence-corrected chi connectivity index (χ4v) is 8.12. The minimum absolute atomic E-state index is 0.591. The zero-order valence-corrected chi connectivity index (χ0v) is 30.4. The first-order chi connectivity index (χ1) is 27.2. The summed E-state index contributed by atoms with van der Waals surface area (Å²) < 4.78 is 2.20. The molecule has 0 unspecified atom stereocenters. The lowest BCUT2D eigenvalue weighted by Crippen LogP contribution is -2.00. The smallest absolute Gasteiger partial charge is 0.164 e. The zero-order valence-electron chi connectivity index (χ0n) is 29.5. The number of aromatic nitrogens is 5. The molecule has 3 heterocycles. The van der Waals surface area contributed by atoms with Gasteiger partial charge in [0.1, 0.15) is 0 Å². The van der Waals surface area contributed by atoms with Gasteiger partial charge in [0.25, 0.3) is 0 Å². The molecule has 0 radical (unpaired) electrons. The summed E-state index contributed by atoms with van der Waals surface area (Å²) in [6.45, 7) is 0. The van der Waals surface area contributed by atoms with Crippen molar-refractivity contribution in [3.05, 3.63) is 188 Å². The number of hydrogen-bond donors (Lipinski definition) is 0. The summed E-state index contributed by atoms with van der Waals surface area (Å²) >= 11 is 1.73. The molecular formula is C49H31N5S. The molecule has 0 aliphatic carbocycles. The van der Waals surface area contributed by atoms with E-state index in [2.05, 4.69) is 127 Å². The molecule has 10 rings (SSSR count). The number of benzene rings is 7. The van der Waals surface area contributed by atoms with Gasteiger partial charge in [-0.1, -0.05) is 164 Å². The molecule has 3 aromatic heterocycles. The van der Waals surface area contributed by atoms with E-state index in [1.165, 1.54) is 10.3 Å². The predicted octanol–water partition coefficient (Wildman–Crippen LogP) is 12.7. The molecule has 5 nitrogen and oxygen atoms in total. The van der Waals surface area contributed by atoms with Crippen LogP contribution in [0, 0.1) is 0 Å². The van der Waals surface area contributed by atoms with E-state index in [1.807, 2.05) is 60.7 Å². The number of rotatable bonds is 7. The van der Waals surface area contributed by atoms with Crippen molar-refractivity contribution in [2.75, 3.05) is 0 Å². The van der Waals surface area contributed by atoms with Crippen LogP contribution in [0.3, 0.4) is 0 Å². The van der Waals surface area contributed by atoms with Gasteiger partial charge in [-0.15, -0.1) is 11.3 Å². The van der Waals surface area contributed by atoms with E-state index in [4.69, 9.17) is 24.9 Å². The van der Waals surface area contributed by atoms with Crippen molar-refractivity contribution >= 4 is 31.6 Å². The van der Waals surface area contributed by atoms with Crippen LogP contribution in [-0.2, 0) is 0 Å². The van der Waals surface area contributed by atoms with Crippen LogP contribution >= 0.6 is 11.3 Å². The van der Waals surface area contributed by atoms with E-state index in [9.17, 15) is 0 Å². The fourth-order valence-electron chi connectivity index (χ4n) is 6.99. The van der Waals surface area contributed by atoms with Crippen molar-refractivity contribution in [3.8, 4) is 79.1 Å². The Balaban J connectivity index is 1.14. The van der Waals surface area contributed by atoms with E-state index < -0.39 is 0 Å². The van der Waals surface area contributed by atoms with Gasteiger partial charge >= 0.3 is 0 Å². The van der Waals surface area contributed by atoms with Gasteiger partial charge < -0.3 is 0 Å². The first kappa shape index (κ1) is 32.5. The first-order valence-electron chi connectivity index (χ1n) is 18.2. The highest BCUT2D eigenvalue weighted by Gasteiger charge is 2.19. The lowest BCUT2D eigenvalue weighted by atomic mass is 10.0. The number of fused-ring (bicyclic) bond motifs is 3. The third-order valence-electron chi connectivity index (χ3n) is 9.74. The molecule has 10 aromatic rings. The lowest BCUT2D eigenvalue weighted by Gasteiger charge is -2.11. The van der Waals surface area contributed by atoms with Crippen LogP contribution in [0.15, 0.2) is 188 Å². The van der Waals surface area contributed by atoms with Crippen LogP contribution < -0.4 is 0 Å². The summed E-state index contributed by atoms with van der Waals surface area (Å²) in [5.74, 6) is 2.51. The normalized spacial score (nSPS) is 11.3. The second-order valence-electron chi connectivity index (χ2n) is 13.3. The topological polar surface area (TPSA) is 64.5 Å². The van der Waals surface area contributed by atoms with Crippen LogP contribution in [0.4, 0.5) is 0 Å². The molecule has 0 amide bonds. The molecule has 0 fully saturated rings. The molecule has 0 bridgehead atoms. The van der Waals surface area contributed by atoms with Gasteiger partial charge in [-0.05, 0) is 46.5 Å². The van der Waals surface area contributed by atoms with Crippen LogP contribution in [0.25, 0.3) is 99.4 Å². The molecule has 0 saturated heterocycles. The minimum Gasteiger partial charge on any atom is -0.226 e. The molecule has 0 aliphatic heterocycles. The molecule has 6 heteroatoms. The summed E-state index contributed by atoms with van der Waals surface area (Å²) in [6, 6.07) is 64.6. The van der Waals surface area contributed by atoms with Crippen molar-refractivity contribution < 1.29 is 0 Å². The van der Waals surface area contributed by atoms with Crippen LogP contribution in [0.1, 0.15) is 0 Å². The SMILES string of the molecule is c1ccc(-c2cccc(-c3nc(-c4ccccc4)nc(-c4cccc(-c5nc(-c6ccccc6)nc6c5sc5ccc(-c7ccccc7)cc56)c4)n3)c2)cc1. The quantitative estimate of drug-likeness (QED) is 0.164. The molecule has 0 spiro atoms. The Kier molecular flexibility index (Phi) is 8.28. The van der Waals surface area contributed by atoms with Gasteiger partial charge in [0, 0.05) is 37.9 Å². The van der Waals surface area contributed by atoms with Crippen LogP contribution in [-0.4, -0.2) is 24.9 Å². The van der Waals surface area contributed by atoms with Crippen LogP contribution in [0.2, 0.25) is 0 Å². The highest BCUT2D eigenvalue weighted by Crippen LogP contribution is 2.41. The Hall–Kier alpha value is -7.15. The Morgan fingerprint density at radius 1 is 0.291 bits per heavy atom. The van der Waals surface area contributed by atoms with Gasteiger partial charge in [-0.3, -0.25) is 0 Å². The van der Waals surface area contributed by atoms with E-state index in [0.717, 1.165) is 65.8 Å². The average Bonchev–Trinajstić information content (AvgIpc) is 3.65. The van der Waals surface area contributed by atoms with E-state index in [-0.39, 0.29) is 0 Å². The number of hydrogen-bond acceptors (Lipinski definition) is 6. The summed E-state index contributed by atoms with van der Waals surface area (Å²) in [5.41, 5.74) is 11.0. The van der Waals surface area contributed by atoms with Crippen molar-refractivity contribution in [1.82, 2.24) is 24.9 Å². The van der Waals surface area contributed by atoms with Crippen molar-refractivity contribution in [2.45, 2.75) is 0 Å². The Morgan fingerprint density at radius 3 is 1.27 bits per heavy atom. The third kappa shape index (κ3) is 6.35. The van der Waals surface area contributed by atoms with Gasteiger partial charge in [0.05, 0.1) is 15.9 Å². The van der Waals surface area contributed by atoms with Gasteiger partial charge in [0.2, 0.25) is 0 Å². The number of nitrogens with zero attached hydrogens (tertiary/aromatic N) is 5. The molecule has 55 heavy (non-hydrogen) atoms. The molecule has 258 valence electrons. The second-order valence-corrected chi connectivity index (χ2v) is 14.4. The maximum Gasteiger partial charge on any atom is 0.164 e. The van der Waals surface area contributed by atoms with Gasteiger partial charge in [-0.2, -0.15) is 0 Å². The van der Waals surface area contributed by atoms with E-state index in [0.29, 0.717) is 23.3 Å². The monoisotopic (exact) mass is 721 g/mol. The summed E-state index contributed by atoms with van der Waals surface area (Å²) in [4.78, 5) is 25.7. The molecule has 0 saturated carbocycles. The van der Waals surface area contributed by atoms with Gasteiger partial charge in [0.15, 0.2) is 23.3 Å². The lowest BCUT2D eigenvalue weighted by molar-refractivity contribution is 1.07. The van der Waals surface area contributed by atoms with E-state index in [1.54, 1.807) is 11.3 Å². The highest BCUT2D eigenvalue weighted by molar-refractivity contribution is 7.26. The fraction of sp³-hybridized carbons (Fsp3) is 0. The standard InChI is InChI=1S/C49H31N5S/c1-5-15-32(16-6-1)36-23-13-25-39(29-36)48-52-47(35-21-11-4-12-22-35)53-49(54-48)40-26-14-24-38(30-40)43-45-44(51-46(50-43)34-19-9-3-10-20-34)41-31-37(27-28-42(41)55-45)33-17-7-2-8-18-33/h1-31H. The molecule has 0 N–H and O–H groups in total. The third-order valence-corrected chi connectivity index (χ3v) is 10.9. The van der Waals surface area contributed by atoms with Crippen molar-refractivity contribution in [2.24, 2.45) is 0 Å². The summed E-state index contributed by atoms with van der Waals surface area (Å²) in [6.07, 6.45) is 0. The second kappa shape index (κ2) is 14.0. The van der Waals surface area contributed by atoms with Crippen molar-refractivity contribution in [1.29, 1.82) is 0 Å². The molecule has 7 aromatic carbocycles. The maximum atomic E-state index is 5.27. The van der Waals surface area contributed by atoms with E-state index >= 15 is 0 Å². The Bertz CT molecular complexity index is 2960. The van der Waals surface area contributed by atoms with Crippen molar-refractivity contribution in [3.63, 3.8) is 0 Å². The number of thiophene rings is 1. The summed E-state index contributed by atoms with van der Waals surface area (Å²) in [5, 5.41) is 1.12. The molecule has 0 aliphatic rings. The Morgan fingerprint density at radius 2 is 0.709 bits per heavy atom. The zero-order chi connectivity index (χ0) is 36.6. The minimum atomic E-state index is 0.591. The average molecular weight is 722 g/mol. The molecular weight excluding hydrogens is 691 g/mol. The summed E-state index contributed by atoms with van der Waals surface area (Å²) in [7, 11) is 0.